The fourth-order valence-corrected chi connectivity index (χ4v) is 5.45. The van der Waals surface area contributed by atoms with Crippen molar-refractivity contribution in [1.29, 1.82) is 0 Å². The molecule has 0 bridgehead atoms. The highest BCUT2D eigenvalue weighted by Gasteiger charge is 2.49. The zero-order valence-corrected chi connectivity index (χ0v) is 20.8. The Morgan fingerprint density at radius 3 is 2.74 bits per heavy atom. The molecule has 0 spiro atoms. The Labute approximate surface area is 208 Å². The molecular weight excluding hydrogens is 490 g/mol. The molecule has 3 rings (SSSR count). The van der Waals surface area contributed by atoms with E-state index in [9.17, 15) is 24.9 Å². The van der Waals surface area contributed by atoms with Crippen LogP contribution in [-0.4, -0.2) is 125 Å². The van der Waals surface area contributed by atoms with Gasteiger partial charge < -0.3 is 45.1 Å². The van der Waals surface area contributed by atoms with E-state index in [1.807, 2.05) is 0 Å². The summed E-state index contributed by atoms with van der Waals surface area (Å²) in [4.78, 5) is 27.1. The summed E-state index contributed by atoms with van der Waals surface area (Å²) in [5.41, 5.74) is -0.788. The summed E-state index contributed by atoms with van der Waals surface area (Å²) < 4.78 is 16.9. The van der Waals surface area contributed by atoms with Crippen LogP contribution in [0.3, 0.4) is 0 Å². The van der Waals surface area contributed by atoms with Gasteiger partial charge in [-0.3, -0.25) is 4.79 Å². The molecular formula is C21H34ClN3O8S. The maximum atomic E-state index is 13.2. The number of hydrogen-bond acceptors (Lipinski definition) is 10. The minimum Gasteiger partial charge on any atom is -0.445 e. The molecule has 0 radical (unpaired) electrons. The molecule has 5 N–H and O–H groups in total. The minimum absolute atomic E-state index is 0.115. The zero-order chi connectivity index (χ0) is 25.0. The maximum absolute atomic E-state index is 13.2. The van der Waals surface area contributed by atoms with Crippen LogP contribution in [0.5, 0.6) is 0 Å². The smallest absolute Gasteiger partial charge is 0.410 e. The second-order valence-corrected chi connectivity index (χ2v) is 10.3. The Kier molecular flexibility index (Phi) is 9.87. The highest BCUT2D eigenvalue weighted by molar-refractivity contribution is 7.99. The third-order valence-corrected chi connectivity index (χ3v) is 7.51. The van der Waals surface area contributed by atoms with Crippen molar-refractivity contribution in [2.24, 2.45) is 5.92 Å². The molecule has 3 heterocycles. The maximum Gasteiger partial charge on any atom is 0.410 e. The van der Waals surface area contributed by atoms with Crippen molar-refractivity contribution >= 4 is 35.4 Å². The van der Waals surface area contributed by atoms with Crippen molar-refractivity contribution in [3.05, 3.63) is 12.7 Å². The number of thioether (sulfide) groups is 1. The summed E-state index contributed by atoms with van der Waals surface area (Å²) >= 11 is 7.54. The quantitative estimate of drug-likeness (QED) is 0.205. The number of ether oxygens (including phenoxy) is 3. The predicted octanol–water partition coefficient (Wildman–Crippen LogP) is -1.12. The summed E-state index contributed by atoms with van der Waals surface area (Å²) in [6, 6.07) is -1.56. The first-order chi connectivity index (χ1) is 16.2. The fourth-order valence-electron chi connectivity index (χ4n) is 4.56. The van der Waals surface area contributed by atoms with Crippen LogP contribution in [-0.2, 0) is 19.0 Å². The van der Waals surface area contributed by atoms with Crippen LogP contribution in [0.4, 0.5) is 4.79 Å². The molecule has 13 heteroatoms. The first kappa shape index (κ1) is 27.5. The third-order valence-electron chi connectivity index (χ3n) is 6.38. The van der Waals surface area contributed by atoms with Gasteiger partial charge in [0.25, 0.3) is 0 Å². The van der Waals surface area contributed by atoms with E-state index in [2.05, 4.69) is 17.2 Å². The molecule has 3 fully saturated rings. The third kappa shape index (κ3) is 5.98. The number of nitrogens with one attached hydrogen (secondary N) is 2. The first-order valence-electron chi connectivity index (χ1n) is 11.2. The highest BCUT2D eigenvalue weighted by Crippen LogP contribution is 2.31. The van der Waals surface area contributed by atoms with Crippen molar-refractivity contribution in [3.63, 3.8) is 0 Å². The zero-order valence-electron chi connectivity index (χ0n) is 19.2. The summed E-state index contributed by atoms with van der Waals surface area (Å²) in [6.07, 6.45) is -2.94. The Hall–Kier alpha value is -1.12. The molecule has 0 saturated carbocycles. The molecule has 3 unspecified atom stereocenters. The lowest BCUT2D eigenvalue weighted by molar-refractivity contribution is -0.205. The molecule has 0 aliphatic carbocycles. The van der Waals surface area contributed by atoms with Gasteiger partial charge in [-0.15, -0.1) is 23.4 Å². The Bertz CT molecular complexity index is 732. The van der Waals surface area contributed by atoms with Gasteiger partial charge in [0, 0.05) is 25.6 Å². The van der Waals surface area contributed by atoms with Gasteiger partial charge in [0.1, 0.15) is 42.5 Å². The van der Waals surface area contributed by atoms with E-state index < -0.39 is 65.4 Å². The van der Waals surface area contributed by atoms with Gasteiger partial charge in [-0.2, -0.15) is 0 Å². The normalized spacial score (nSPS) is 37.8. The molecule has 0 aromatic carbocycles. The molecule has 11 nitrogen and oxygen atoms in total. The summed E-state index contributed by atoms with van der Waals surface area (Å²) in [6.45, 7) is 6.71. The number of alkyl halides is 1. The molecule has 34 heavy (non-hydrogen) atoms. The van der Waals surface area contributed by atoms with Gasteiger partial charge in [-0.05, 0) is 13.2 Å². The summed E-state index contributed by atoms with van der Waals surface area (Å²) in [7, 11) is 0. The Morgan fingerprint density at radius 2 is 2.09 bits per heavy atom. The van der Waals surface area contributed by atoms with E-state index in [-0.39, 0.29) is 19.1 Å². The van der Waals surface area contributed by atoms with Crippen LogP contribution in [0.1, 0.15) is 6.92 Å². The van der Waals surface area contributed by atoms with E-state index in [0.717, 1.165) is 0 Å². The van der Waals surface area contributed by atoms with Crippen molar-refractivity contribution < 1.29 is 39.1 Å². The lowest BCUT2D eigenvalue weighted by Crippen LogP contribution is -2.65. The average Bonchev–Trinajstić information content (AvgIpc) is 3.09. The van der Waals surface area contributed by atoms with E-state index in [1.165, 1.54) is 17.8 Å². The van der Waals surface area contributed by atoms with Gasteiger partial charge in [-0.25, -0.2) is 4.79 Å². The number of hydrogen-bond donors (Lipinski definition) is 5. The molecule has 0 aromatic rings. The van der Waals surface area contributed by atoms with E-state index in [0.29, 0.717) is 19.6 Å². The van der Waals surface area contributed by atoms with Crippen LogP contribution in [0.15, 0.2) is 12.7 Å². The number of nitrogens with zero attached hydrogens (tertiary/aromatic N) is 1. The highest BCUT2D eigenvalue weighted by atomic mass is 35.5. The number of fused-ring (bicyclic) bond motifs is 1. The molecule has 10 atom stereocenters. The van der Waals surface area contributed by atoms with Crippen molar-refractivity contribution in [3.8, 4) is 0 Å². The Morgan fingerprint density at radius 1 is 1.35 bits per heavy atom. The standard InChI is InChI=1S/C21H34ClN3O8S/c1-4-6-32-21(30)25-5-7-31-17-11(9-25)8-23-13(17)19(29)24-12(10(2)22)18-15(27)14(26)16(28)20(33-18)34-3/h4,10-18,20,23,26-28H,1,5-9H2,2-3H3,(H,24,29)/t10-,11+,12+,13-,14?,15?,16+,17+,18+,20?/m0/s1. The van der Waals surface area contributed by atoms with Gasteiger partial charge >= 0.3 is 6.09 Å². The average molecular weight is 524 g/mol. The number of halogens is 1. The summed E-state index contributed by atoms with van der Waals surface area (Å²) in [5.74, 6) is -0.527. The molecule has 3 saturated heterocycles. The number of amides is 2. The number of carbonyl (C=O) groups excluding carboxylic acids is 2. The number of aliphatic hydroxyl groups is 3. The molecule has 194 valence electrons. The molecule has 3 aliphatic heterocycles. The number of aliphatic hydroxyl groups excluding tert-OH is 3. The second kappa shape index (κ2) is 12.2. The fraction of sp³-hybridized carbons (Fsp3) is 0.810. The van der Waals surface area contributed by atoms with Gasteiger partial charge in [0.15, 0.2) is 0 Å². The minimum atomic E-state index is -1.45. The van der Waals surface area contributed by atoms with Gasteiger partial charge in [-0.1, -0.05) is 12.7 Å². The van der Waals surface area contributed by atoms with Crippen LogP contribution in [0, 0.1) is 5.92 Å². The van der Waals surface area contributed by atoms with Crippen molar-refractivity contribution in [1.82, 2.24) is 15.5 Å². The van der Waals surface area contributed by atoms with Gasteiger partial charge in [0.05, 0.1) is 24.1 Å². The topological polar surface area (TPSA) is 150 Å². The van der Waals surface area contributed by atoms with E-state index >= 15 is 0 Å². The first-order valence-corrected chi connectivity index (χ1v) is 13.0. The van der Waals surface area contributed by atoms with Crippen LogP contribution >= 0.6 is 23.4 Å². The Balaban J connectivity index is 1.67. The molecule has 2 amide bonds. The number of rotatable bonds is 7. The van der Waals surface area contributed by atoms with Gasteiger partial charge in [0.2, 0.25) is 5.91 Å². The number of carbonyl (C=O) groups is 2. The lowest BCUT2D eigenvalue weighted by Gasteiger charge is -2.44. The molecule has 0 aromatic heterocycles. The van der Waals surface area contributed by atoms with Crippen LogP contribution < -0.4 is 10.6 Å². The lowest BCUT2D eigenvalue weighted by atomic mass is 9.92. The van der Waals surface area contributed by atoms with Crippen molar-refractivity contribution in [2.45, 2.75) is 60.3 Å². The van der Waals surface area contributed by atoms with E-state index in [1.54, 1.807) is 18.1 Å². The van der Waals surface area contributed by atoms with Crippen LogP contribution in [0.2, 0.25) is 0 Å². The predicted molar refractivity (Wildman–Crippen MR) is 126 cm³/mol. The second-order valence-electron chi connectivity index (χ2n) is 8.68. The summed E-state index contributed by atoms with van der Waals surface area (Å²) in [5, 5.41) is 36.3. The SMILES string of the molecule is C=CCOC(=O)N1CCO[C@@H]2[C@H](CN[C@@H]2C(=O)N[C@H]([C@H](C)Cl)[C@H]2OC(SC)[C@H](O)C(O)C2O)C1. The monoisotopic (exact) mass is 523 g/mol. The van der Waals surface area contributed by atoms with Crippen LogP contribution in [0.25, 0.3) is 0 Å². The molecule has 3 aliphatic rings. The van der Waals surface area contributed by atoms with E-state index in [4.69, 9.17) is 25.8 Å². The van der Waals surface area contributed by atoms with Crippen molar-refractivity contribution in [2.75, 3.05) is 39.1 Å². The largest absolute Gasteiger partial charge is 0.445 e.